The summed E-state index contributed by atoms with van der Waals surface area (Å²) in [6.45, 7) is 0.740. The molecule has 0 aromatic carbocycles. The van der Waals surface area contributed by atoms with Gasteiger partial charge in [0.15, 0.2) is 5.01 Å². The van der Waals surface area contributed by atoms with E-state index in [-0.39, 0.29) is 17.4 Å². The van der Waals surface area contributed by atoms with Crippen molar-refractivity contribution in [3.05, 3.63) is 63.1 Å². The number of hydrogen-bond donors (Lipinski definition) is 3. The summed E-state index contributed by atoms with van der Waals surface area (Å²) in [4.78, 5) is 63.2. The molecular formula is C23H23ClFN7O4S. The molecule has 3 N–H and O–H groups in total. The van der Waals surface area contributed by atoms with Crippen LogP contribution in [0.2, 0.25) is 5.02 Å². The van der Waals surface area contributed by atoms with E-state index in [1.165, 1.54) is 48.0 Å². The van der Waals surface area contributed by atoms with Crippen LogP contribution < -0.4 is 16.0 Å². The van der Waals surface area contributed by atoms with Gasteiger partial charge in [0.05, 0.1) is 17.3 Å². The highest BCUT2D eigenvalue weighted by molar-refractivity contribution is 7.13. The lowest BCUT2D eigenvalue weighted by Gasteiger charge is -2.26. The molecule has 1 unspecified atom stereocenters. The molecular weight excluding hydrogens is 525 g/mol. The van der Waals surface area contributed by atoms with Gasteiger partial charge in [0.2, 0.25) is 0 Å². The van der Waals surface area contributed by atoms with E-state index in [9.17, 15) is 23.6 Å². The smallest absolute Gasteiger partial charge is 0.314 e. The lowest BCUT2D eigenvalue weighted by atomic mass is 10.2. The first kappa shape index (κ1) is 26.4. The first-order valence-corrected chi connectivity index (χ1v) is 12.4. The Morgan fingerprint density at radius 2 is 2.03 bits per heavy atom. The molecule has 2 aliphatic heterocycles. The second-order valence-corrected chi connectivity index (χ2v) is 9.87. The number of carbonyl (C=O) groups excluding carboxylic acids is 4. The van der Waals surface area contributed by atoms with Crippen LogP contribution in [0.5, 0.6) is 0 Å². The van der Waals surface area contributed by atoms with Crippen molar-refractivity contribution in [2.75, 3.05) is 32.0 Å². The third-order valence-corrected chi connectivity index (χ3v) is 6.81. The minimum absolute atomic E-state index is 0.101. The van der Waals surface area contributed by atoms with E-state index in [1.807, 2.05) is 7.05 Å². The van der Waals surface area contributed by atoms with Crippen molar-refractivity contribution in [2.24, 2.45) is 0 Å². The summed E-state index contributed by atoms with van der Waals surface area (Å²) >= 11 is 6.99. The van der Waals surface area contributed by atoms with E-state index in [1.54, 1.807) is 0 Å². The minimum atomic E-state index is -1.29. The lowest BCUT2D eigenvalue weighted by molar-refractivity contribution is -0.136. The maximum absolute atomic E-state index is 13.8. The molecule has 37 heavy (non-hydrogen) atoms. The molecule has 4 heterocycles. The van der Waals surface area contributed by atoms with E-state index in [0.29, 0.717) is 18.0 Å². The van der Waals surface area contributed by atoms with Gasteiger partial charge < -0.3 is 25.8 Å². The first-order valence-electron chi connectivity index (χ1n) is 11.2. The molecule has 2 aliphatic rings. The summed E-state index contributed by atoms with van der Waals surface area (Å²) < 4.78 is 13.8. The number of nitrogens with zero attached hydrogens (tertiary/aromatic N) is 4. The van der Waals surface area contributed by atoms with E-state index in [4.69, 9.17) is 11.6 Å². The van der Waals surface area contributed by atoms with Gasteiger partial charge in [0.1, 0.15) is 17.7 Å². The van der Waals surface area contributed by atoms with Gasteiger partial charge in [-0.15, -0.1) is 11.3 Å². The molecule has 2 aromatic heterocycles. The maximum atomic E-state index is 13.8. The second-order valence-electron chi connectivity index (χ2n) is 8.35. The summed E-state index contributed by atoms with van der Waals surface area (Å²) in [7, 11) is 1.97. The molecule has 4 rings (SSSR count). The zero-order chi connectivity index (χ0) is 26.5. The van der Waals surface area contributed by atoms with E-state index < -0.39 is 42.0 Å². The molecule has 14 heteroatoms. The van der Waals surface area contributed by atoms with E-state index >= 15 is 0 Å². The largest absolute Gasteiger partial charge is 0.345 e. The Morgan fingerprint density at radius 3 is 2.76 bits per heavy atom. The van der Waals surface area contributed by atoms with Crippen molar-refractivity contribution in [3.8, 4) is 0 Å². The number of amides is 4. The Bertz CT molecular complexity index is 1280. The molecule has 1 atom stereocenters. The standard InChI is InChI=1S/C23H23ClFN7O4S/c1-31-8-6-15-17(12-31)37-22(29-15)21(35)28-16(23(36)32-7-2-3-14(25)11-32)10-27-19(33)20(34)30-18-5-4-13(24)9-26-18/h2-5,7,9,16H,6,8,10-12H2,1H3,(H,27,33)(H,28,35)(H,26,30,34). The monoisotopic (exact) mass is 547 g/mol. The first-order chi connectivity index (χ1) is 17.7. The summed E-state index contributed by atoms with van der Waals surface area (Å²) in [6.07, 6.45) is 5.93. The van der Waals surface area contributed by atoms with Gasteiger partial charge in [0, 0.05) is 43.3 Å². The fourth-order valence-corrected chi connectivity index (χ4v) is 4.81. The van der Waals surface area contributed by atoms with Gasteiger partial charge in [0.25, 0.3) is 11.8 Å². The number of halogens is 2. The predicted octanol–water partition coefficient (Wildman–Crippen LogP) is 1.24. The van der Waals surface area contributed by atoms with Gasteiger partial charge >= 0.3 is 11.8 Å². The predicted molar refractivity (Wildman–Crippen MR) is 134 cm³/mol. The van der Waals surface area contributed by atoms with Crippen molar-refractivity contribution < 1.29 is 23.6 Å². The van der Waals surface area contributed by atoms with Crippen molar-refractivity contribution in [1.29, 1.82) is 0 Å². The van der Waals surface area contributed by atoms with Crippen molar-refractivity contribution in [1.82, 2.24) is 30.4 Å². The third kappa shape index (κ3) is 6.76. The molecule has 0 spiro atoms. The molecule has 2 aromatic rings. The number of allylic oxidation sites excluding steroid dienone is 2. The SMILES string of the molecule is CN1CCc2nc(C(=O)NC(CNC(=O)C(=O)Nc3ccc(Cl)cn3)C(=O)N3C=CC=C(F)C3)sc2C1. The quantitative estimate of drug-likeness (QED) is 0.463. The van der Waals surface area contributed by atoms with Crippen LogP contribution in [0, 0.1) is 0 Å². The average molecular weight is 548 g/mol. The van der Waals surface area contributed by atoms with Crippen molar-refractivity contribution in [3.63, 3.8) is 0 Å². The summed E-state index contributed by atoms with van der Waals surface area (Å²) in [5, 5.41) is 7.74. The highest BCUT2D eigenvalue weighted by Crippen LogP contribution is 2.24. The number of fused-ring (bicyclic) bond motifs is 1. The Hall–Kier alpha value is -3.68. The van der Waals surface area contributed by atoms with Gasteiger partial charge in [-0.05, 0) is 31.3 Å². The van der Waals surface area contributed by atoms with Crippen LogP contribution in [0.4, 0.5) is 10.2 Å². The number of aromatic nitrogens is 2. The minimum Gasteiger partial charge on any atom is -0.345 e. The van der Waals surface area contributed by atoms with Gasteiger partial charge in [-0.1, -0.05) is 11.6 Å². The fraction of sp³-hybridized carbons (Fsp3) is 0.304. The third-order valence-electron chi connectivity index (χ3n) is 5.51. The fourth-order valence-electron chi connectivity index (χ4n) is 3.61. The zero-order valence-electron chi connectivity index (χ0n) is 19.7. The molecule has 11 nitrogen and oxygen atoms in total. The molecule has 0 saturated carbocycles. The van der Waals surface area contributed by atoms with Gasteiger partial charge in [-0.2, -0.15) is 0 Å². The summed E-state index contributed by atoms with van der Waals surface area (Å²) in [6, 6.07) is 1.61. The highest BCUT2D eigenvalue weighted by atomic mass is 35.5. The number of hydrogen-bond acceptors (Lipinski definition) is 8. The second kappa shape index (κ2) is 11.6. The van der Waals surface area contributed by atoms with Crippen LogP contribution in [0.25, 0.3) is 0 Å². The topological polar surface area (TPSA) is 137 Å². The van der Waals surface area contributed by atoms with Crippen LogP contribution in [-0.4, -0.2) is 76.1 Å². The maximum Gasteiger partial charge on any atom is 0.314 e. The molecule has 0 bridgehead atoms. The Kier molecular flexibility index (Phi) is 8.26. The Balaban J connectivity index is 1.44. The highest BCUT2D eigenvalue weighted by Gasteiger charge is 2.30. The molecule has 0 saturated heterocycles. The molecule has 0 fully saturated rings. The van der Waals surface area contributed by atoms with Crippen LogP contribution in [0.3, 0.4) is 0 Å². The van der Waals surface area contributed by atoms with Crippen LogP contribution in [0.1, 0.15) is 20.4 Å². The van der Waals surface area contributed by atoms with E-state index in [0.717, 1.165) is 22.0 Å². The number of carbonyl (C=O) groups is 4. The normalized spacial score (nSPS) is 15.9. The molecule has 0 aliphatic carbocycles. The number of nitrogens with one attached hydrogen (secondary N) is 3. The summed E-state index contributed by atoms with van der Waals surface area (Å²) in [5.74, 6) is -3.82. The Morgan fingerprint density at radius 1 is 1.22 bits per heavy atom. The Labute approximate surface area is 220 Å². The molecule has 4 amide bonds. The van der Waals surface area contributed by atoms with Crippen molar-refractivity contribution >= 4 is 52.4 Å². The number of pyridine rings is 1. The number of anilines is 1. The van der Waals surface area contributed by atoms with Crippen LogP contribution in [-0.2, 0) is 27.3 Å². The molecule has 194 valence electrons. The van der Waals surface area contributed by atoms with Gasteiger partial charge in [-0.3, -0.25) is 19.2 Å². The van der Waals surface area contributed by atoms with Crippen molar-refractivity contribution in [2.45, 2.75) is 19.0 Å². The summed E-state index contributed by atoms with van der Waals surface area (Å²) in [5.41, 5.74) is 0.836. The zero-order valence-corrected chi connectivity index (χ0v) is 21.2. The number of likely N-dealkylation sites (N-methyl/N-ethyl adjacent to an activating group) is 1. The van der Waals surface area contributed by atoms with Crippen LogP contribution in [0.15, 0.2) is 42.5 Å². The average Bonchev–Trinajstić information content (AvgIpc) is 3.30. The van der Waals surface area contributed by atoms with Gasteiger partial charge in [-0.25, -0.2) is 14.4 Å². The van der Waals surface area contributed by atoms with Crippen LogP contribution >= 0.6 is 22.9 Å². The number of thiazole rings is 1. The van der Waals surface area contributed by atoms with E-state index in [2.05, 4.69) is 30.8 Å². The number of rotatable bonds is 6. The lowest BCUT2D eigenvalue weighted by Crippen LogP contribution is -2.54. The molecule has 0 radical (unpaired) electrons.